The van der Waals surface area contributed by atoms with Gasteiger partial charge in [-0.1, -0.05) is 0 Å². The number of non-ortho nitro benzene ring substituents is 1. The monoisotopic (exact) mass is 755 g/mol. The number of hydrazone groups is 1. The molecule has 1 amide bonds. The van der Waals surface area contributed by atoms with Gasteiger partial charge in [-0.2, -0.15) is 10.1 Å². The van der Waals surface area contributed by atoms with Crippen molar-refractivity contribution in [3.8, 4) is 5.75 Å². The molecule has 196 valence electrons. The van der Waals surface area contributed by atoms with Crippen LogP contribution in [0.15, 0.2) is 47.1 Å². The van der Waals surface area contributed by atoms with E-state index in [4.69, 9.17) is 4.74 Å². The van der Waals surface area contributed by atoms with E-state index in [1.165, 1.54) is 37.3 Å². The van der Waals surface area contributed by atoms with Gasteiger partial charge < -0.3 is 4.74 Å². The molecule has 0 N–H and O–H groups in total. The summed E-state index contributed by atoms with van der Waals surface area (Å²) in [6, 6.07) is 9.14. The molecular formula is C24H12F5I2N3O4. The fourth-order valence-electron chi connectivity index (χ4n) is 3.48. The number of hydrogen-bond donors (Lipinski definition) is 0. The van der Waals surface area contributed by atoms with E-state index in [9.17, 15) is 36.9 Å². The fourth-order valence-corrected chi connectivity index (χ4v) is 5.53. The molecule has 7 nitrogen and oxygen atoms in total. The zero-order valence-electron chi connectivity index (χ0n) is 18.9. The first-order valence-electron chi connectivity index (χ1n) is 10.4. The molecule has 0 aliphatic carbocycles. The lowest BCUT2D eigenvalue weighted by atomic mass is 10.1. The maximum absolute atomic E-state index is 14.3. The lowest BCUT2D eigenvalue weighted by molar-refractivity contribution is -0.384. The summed E-state index contributed by atoms with van der Waals surface area (Å²) in [6.07, 6.45) is 1.34. The van der Waals surface area contributed by atoms with Crippen molar-refractivity contribution in [1.82, 2.24) is 0 Å². The Hall–Kier alpha value is -3.15. The third-order valence-electron chi connectivity index (χ3n) is 5.33. The van der Waals surface area contributed by atoms with Crippen molar-refractivity contribution in [1.29, 1.82) is 0 Å². The Kier molecular flexibility index (Phi) is 8.01. The second-order valence-corrected chi connectivity index (χ2v) is 10.2. The second kappa shape index (κ2) is 10.9. The van der Waals surface area contributed by atoms with E-state index in [-0.39, 0.29) is 28.6 Å². The van der Waals surface area contributed by atoms with Gasteiger partial charge in [-0.25, -0.2) is 22.0 Å². The third-order valence-corrected chi connectivity index (χ3v) is 6.75. The molecule has 0 bridgehead atoms. The summed E-state index contributed by atoms with van der Waals surface area (Å²) in [5, 5.41) is 14.7. The Morgan fingerprint density at radius 3 is 2.16 bits per heavy atom. The number of amides is 1. The summed E-state index contributed by atoms with van der Waals surface area (Å²) in [6.45, 7) is 1.36. The normalized spacial score (nSPS) is 14.3. The minimum absolute atomic E-state index is 0.0163. The Bertz CT molecular complexity index is 1530. The number of nitrogens with zero attached hydrogens (tertiary/aromatic N) is 3. The van der Waals surface area contributed by atoms with Gasteiger partial charge in [0.1, 0.15) is 18.0 Å². The molecule has 0 saturated carbocycles. The quantitative estimate of drug-likeness (QED) is 0.0523. The van der Waals surface area contributed by atoms with Gasteiger partial charge in [-0.15, -0.1) is 0 Å². The maximum Gasteiger partial charge on any atom is 0.280 e. The zero-order chi connectivity index (χ0) is 27.9. The Morgan fingerprint density at radius 2 is 1.58 bits per heavy atom. The second-order valence-electron chi connectivity index (χ2n) is 7.80. The van der Waals surface area contributed by atoms with E-state index in [1.54, 1.807) is 12.1 Å². The average Bonchev–Trinajstić information content (AvgIpc) is 3.14. The largest absolute Gasteiger partial charge is 0.487 e. The number of halogens is 7. The van der Waals surface area contributed by atoms with Crippen molar-refractivity contribution < 1.29 is 36.4 Å². The number of benzene rings is 3. The summed E-state index contributed by atoms with van der Waals surface area (Å²) < 4.78 is 77.0. The van der Waals surface area contributed by atoms with Crippen molar-refractivity contribution in [3.63, 3.8) is 0 Å². The molecule has 1 aliphatic heterocycles. The molecule has 3 aromatic rings. The highest BCUT2D eigenvalue weighted by atomic mass is 127. The van der Waals surface area contributed by atoms with E-state index < -0.39 is 45.6 Å². The molecule has 3 aromatic carbocycles. The summed E-state index contributed by atoms with van der Waals surface area (Å²) >= 11 is 4.04. The maximum atomic E-state index is 14.3. The van der Waals surface area contributed by atoms with Crippen LogP contribution in [0.2, 0.25) is 0 Å². The predicted molar refractivity (Wildman–Crippen MR) is 144 cm³/mol. The van der Waals surface area contributed by atoms with Crippen LogP contribution in [0.25, 0.3) is 6.08 Å². The molecule has 0 spiro atoms. The van der Waals surface area contributed by atoms with Crippen LogP contribution in [-0.4, -0.2) is 16.5 Å². The highest BCUT2D eigenvalue weighted by molar-refractivity contribution is 14.1. The first kappa shape index (κ1) is 27.9. The van der Waals surface area contributed by atoms with E-state index in [0.29, 0.717) is 20.4 Å². The molecular weight excluding hydrogens is 743 g/mol. The number of carbonyl (C=O) groups excluding carboxylic acids is 1. The molecule has 0 saturated heterocycles. The Labute approximate surface area is 238 Å². The van der Waals surface area contributed by atoms with Crippen molar-refractivity contribution in [3.05, 3.63) is 99.4 Å². The Morgan fingerprint density at radius 1 is 1.00 bits per heavy atom. The van der Waals surface area contributed by atoms with Crippen molar-refractivity contribution in [2.75, 3.05) is 5.01 Å². The van der Waals surface area contributed by atoms with Gasteiger partial charge >= 0.3 is 0 Å². The fraction of sp³-hybridized carbons (Fsp3) is 0.0833. The summed E-state index contributed by atoms with van der Waals surface area (Å²) in [7, 11) is 0. The highest BCUT2D eigenvalue weighted by Crippen LogP contribution is 2.36. The van der Waals surface area contributed by atoms with Crippen LogP contribution < -0.4 is 9.75 Å². The summed E-state index contributed by atoms with van der Waals surface area (Å²) in [5.41, 5.74) is -0.769. The lowest BCUT2D eigenvalue weighted by Crippen LogP contribution is -2.25. The third kappa shape index (κ3) is 5.23. The van der Waals surface area contributed by atoms with Crippen LogP contribution in [0.1, 0.15) is 18.1 Å². The van der Waals surface area contributed by atoms with Gasteiger partial charge in [0, 0.05) is 21.3 Å². The van der Waals surface area contributed by atoms with Gasteiger partial charge in [0.05, 0.1) is 19.8 Å². The highest BCUT2D eigenvalue weighted by Gasteiger charge is 2.37. The van der Waals surface area contributed by atoms with Crippen LogP contribution in [0.4, 0.5) is 33.3 Å². The SMILES string of the molecule is CC1=NN(c2c(F)c(F)c(F)c(F)c2F)C(=O)/C1=C\c1cc(I)cc(I)c1OCc1ccc([N+](=O)[O-])cc1. The molecule has 0 fully saturated rings. The number of nitro groups is 1. The molecule has 4 rings (SSSR count). The van der Waals surface area contributed by atoms with E-state index in [2.05, 4.69) is 5.10 Å². The number of anilines is 1. The molecule has 1 heterocycles. The molecule has 1 aliphatic rings. The van der Waals surface area contributed by atoms with Crippen LogP contribution in [0, 0.1) is 46.3 Å². The van der Waals surface area contributed by atoms with Gasteiger partial charge in [-0.05, 0) is 88.0 Å². The van der Waals surface area contributed by atoms with Gasteiger partial charge in [0.25, 0.3) is 11.6 Å². The smallest absolute Gasteiger partial charge is 0.280 e. The first-order chi connectivity index (χ1) is 17.9. The summed E-state index contributed by atoms with van der Waals surface area (Å²) in [4.78, 5) is 23.4. The van der Waals surface area contributed by atoms with Gasteiger partial charge in [0.15, 0.2) is 23.3 Å². The minimum atomic E-state index is -2.35. The first-order valence-corrected chi connectivity index (χ1v) is 12.5. The average molecular weight is 755 g/mol. The number of hydrogen-bond acceptors (Lipinski definition) is 5. The number of ether oxygens (including phenoxy) is 1. The minimum Gasteiger partial charge on any atom is -0.487 e. The van der Waals surface area contributed by atoms with Crippen LogP contribution >= 0.6 is 45.2 Å². The van der Waals surface area contributed by atoms with E-state index in [0.717, 1.165) is 3.57 Å². The summed E-state index contributed by atoms with van der Waals surface area (Å²) in [5.74, 6) is -11.9. The molecule has 0 aromatic heterocycles. The van der Waals surface area contributed by atoms with E-state index >= 15 is 0 Å². The van der Waals surface area contributed by atoms with E-state index in [1.807, 2.05) is 45.2 Å². The van der Waals surface area contributed by atoms with Crippen molar-refractivity contribution in [2.45, 2.75) is 13.5 Å². The van der Waals surface area contributed by atoms with Crippen molar-refractivity contribution in [2.24, 2.45) is 5.10 Å². The standard InChI is InChI=1S/C24H12F5I2N3O4/c1-10-15(24(35)33(32-10)22-20(28)18(26)17(25)19(27)21(22)29)7-12-6-13(30)8-16(31)23(12)38-9-11-2-4-14(5-3-11)34(36)37/h2-8H,9H2,1H3/b15-7-. The molecule has 0 unspecified atom stereocenters. The number of carbonyl (C=O) groups is 1. The predicted octanol–water partition coefficient (Wildman–Crippen LogP) is 6.88. The topological polar surface area (TPSA) is 85.0 Å². The molecule has 0 radical (unpaired) electrons. The van der Waals surface area contributed by atoms with Crippen LogP contribution in [0.5, 0.6) is 5.75 Å². The molecule has 38 heavy (non-hydrogen) atoms. The van der Waals surface area contributed by atoms with Crippen molar-refractivity contribution >= 4 is 74.3 Å². The molecule has 0 atom stereocenters. The van der Waals surface area contributed by atoms with Crippen LogP contribution in [-0.2, 0) is 11.4 Å². The lowest BCUT2D eigenvalue weighted by Gasteiger charge is -2.15. The van der Waals surface area contributed by atoms with Crippen LogP contribution in [0.3, 0.4) is 0 Å². The number of nitro benzene ring substituents is 1. The molecule has 14 heteroatoms. The zero-order valence-corrected chi connectivity index (χ0v) is 23.2. The van der Waals surface area contributed by atoms with Gasteiger partial charge in [0.2, 0.25) is 5.82 Å². The Balaban J connectivity index is 1.70. The number of rotatable bonds is 6. The van der Waals surface area contributed by atoms with Gasteiger partial charge in [-0.3, -0.25) is 14.9 Å².